The number of benzene rings is 2. The molecular formula is C26H28FN3O3. The molecule has 2 aromatic carbocycles. The molecule has 2 atom stereocenters. The first-order valence-electron chi connectivity index (χ1n) is 11.3. The van der Waals surface area contributed by atoms with Crippen molar-refractivity contribution in [3.05, 3.63) is 53.6 Å². The molecule has 33 heavy (non-hydrogen) atoms. The van der Waals surface area contributed by atoms with Crippen LogP contribution in [0.1, 0.15) is 63.1 Å². The van der Waals surface area contributed by atoms with Crippen molar-refractivity contribution in [2.45, 2.75) is 51.9 Å². The summed E-state index contributed by atoms with van der Waals surface area (Å²) in [7, 11) is 1.46. The fourth-order valence-electron chi connectivity index (χ4n) is 5.51. The second-order valence-corrected chi connectivity index (χ2v) is 9.74. The lowest BCUT2D eigenvalue weighted by Gasteiger charge is -2.21. The smallest absolute Gasteiger partial charge is 0.309 e. The molecule has 0 bridgehead atoms. The van der Waals surface area contributed by atoms with Crippen LogP contribution < -0.4 is 4.74 Å². The quantitative estimate of drug-likeness (QED) is 0.384. The highest BCUT2D eigenvalue weighted by molar-refractivity contribution is 5.99. The number of ether oxygens (including phenoxy) is 1. The maximum Gasteiger partial charge on any atom is 0.309 e. The summed E-state index contributed by atoms with van der Waals surface area (Å²) in [6.07, 6.45) is 3.85. The van der Waals surface area contributed by atoms with Crippen molar-refractivity contribution in [2.75, 3.05) is 7.11 Å². The Morgan fingerprint density at radius 3 is 2.79 bits per heavy atom. The van der Waals surface area contributed by atoms with Crippen molar-refractivity contribution in [1.82, 2.24) is 14.8 Å². The number of methoxy groups -OCH3 is 1. The molecule has 0 amide bonds. The number of carboxylic acid groups (broad SMARTS) is 1. The van der Waals surface area contributed by atoms with Crippen LogP contribution >= 0.6 is 0 Å². The van der Waals surface area contributed by atoms with E-state index in [9.17, 15) is 14.3 Å². The number of H-pyrrole nitrogens is 1. The Morgan fingerprint density at radius 1 is 1.33 bits per heavy atom. The van der Waals surface area contributed by atoms with Crippen LogP contribution in [0.5, 0.6) is 5.75 Å². The van der Waals surface area contributed by atoms with Crippen LogP contribution in [0.4, 0.5) is 4.39 Å². The van der Waals surface area contributed by atoms with Gasteiger partial charge in [0.15, 0.2) is 11.6 Å². The average Bonchev–Trinajstić information content (AvgIpc) is 3.48. The van der Waals surface area contributed by atoms with Crippen LogP contribution in [0.2, 0.25) is 0 Å². The molecule has 6 nitrogen and oxygen atoms in total. The molecule has 1 aliphatic carbocycles. The standard InChI is InChI=1S/C26H28FN3O3/c1-14(2)24-23(15-7-8-26(3,12-15)25(31)32)18-11-20-16(13-28-29-20)9-21(18)30(24)17-5-6-19(27)22(10-17)33-4/h5-6,9-11,13-15H,7-8,12H2,1-4H3,(H,28,29)(H,31,32)/t15?,26-/m1/s1. The minimum absolute atomic E-state index is 0.120. The van der Waals surface area contributed by atoms with E-state index in [0.29, 0.717) is 12.8 Å². The lowest BCUT2D eigenvalue weighted by atomic mass is 9.84. The Hall–Kier alpha value is -3.35. The monoisotopic (exact) mass is 449 g/mol. The van der Waals surface area contributed by atoms with Crippen LogP contribution in [-0.2, 0) is 4.79 Å². The highest BCUT2D eigenvalue weighted by atomic mass is 19.1. The number of halogens is 1. The molecule has 1 fully saturated rings. The molecule has 5 rings (SSSR count). The van der Waals surface area contributed by atoms with Crippen molar-refractivity contribution in [3.63, 3.8) is 0 Å². The summed E-state index contributed by atoms with van der Waals surface area (Å²) in [5, 5.41) is 19.2. The molecule has 4 aromatic rings. The first-order valence-corrected chi connectivity index (χ1v) is 11.3. The largest absolute Gasteiger partial charge is 0.494 e. The summed E-state index contributed by atoms with van der Waals surface area (Å²) in [5.41, 5.74) is 4.33. The fourth-order valence-corrected chi connectivity index (χ4v) is 5.51. The van der Waals surface area contributed by atoms with Gasteiger partial charge in [-0.2, -0.15) is 5.10 Å². The van der Waals surface area contributed by atoms with E-state index in [0.717, 1.165) is 39.6 Å². The van der Waals surface area contributed by atoms with Crippen LogP contribution in [0.3, 0.4) is 0 Å². The van der Waals surface area contributed by atoms with E-state index in [2.05, 4.69) is 40.7 Å². The molecular weight excluding hydrogens is 421 g/mol. The number of fused-ring (bicyclic) bond motifs is 2. The van der Waals surface area contributed by atoms with Gasteiger partial charge in [-0.25, -0.2) is 4.39 Å². The van der Waals surface area contributed by atoms with Gasteiger partial charge >= 0.3 is 5.97 Å². The minimum atomic E-state index is -0.737. The van der Waals surface area contributed by atoms with Gasteiger partial charge < -0.3 is 14.4 Å². The molecule has 0 radical (unpaired) electrons. The normalized spacial score (nSPS) is 20.8. The molecule has 1 saturated carbocycles. The average molecular weight is 450 g/mol. The summed E-state index contributed by atoms with van der Waals surface area (Å²) in [5.74, 6) is -0.672. The summed E-state index contributed by atoms with van der Waals surface area (Å²) in [6, 6.07) is 9.14. The molecule has 172 valence electrons. The van der Waals surface area contributed by atoms with Gasteiger partial charge in [0.25, 0.3) is 0 Å². The van der Waals surface area contributed by atoms with Gasteiger partial charge in [-0.15, -0.1) is 0 Å². The van der Waals surface area contributed by atoms with E-state index in [1.807, 2.05) is 6.92 Å². The number of carboxylic acids is 1. The molecule has 2 N–H and O–H groups in total. The van der Waals surface area contributed by atoms with E-state index in [4.69, 9.17) is 4.74 Å². The Morgan fingerprint density at radius 2 is 2.12 bits per heavy atom. The molecule has 1 aliphatic rings. The highest BCUT2D eigenvalue weighted by Crippen LogP contribution is 2.51. The molecule has 1 unspecified atom stereocenters. The van der Waals surface area contributed by atoms with Crippen molar-refractivity contribution in [3.8, 4) is 11.4 Å². The maximum atomic E-state index is 14.2. The van der Waals surface area contributed by atoms with E-state index in [-0.39, 0.29) is 17.6 Å². The molecule has 0 spiro atoms. The van der Waals surface area contributed by atoms with E-state index < -0.39 is 17.2 Å². The molecule has 2 aromatic heterocycles. The predicted octanol–water partition coefficient (Wildman–Crippen LogP) is 6.14. The van der Waals surface area contributed by atoms with Gasteiger partial charge in [0, 0.05) is 28.2 Å². The van der Waals surface area contributed by atoms with Crippen molar-refractivity contribution < 1.29 is 19.0 Å². The Bertz CT molecular complexity index is 1390. The first kappa shape index (κ1) is 21.5. The summed E-state index contributed by atoms with van der Waals surface area (Å²) in [4.78, 5) is 12.0. The minimum Gasteiger partial charge on any atom is -0.494 e. The third kappa shape index (κ3) is 3.29. The zero-order valence-corrected chi connectivity index (χ0v) is 19.3. The SMILES string of the molecule is COc1cc(-n2c(C(C)C)c(C3CC[C@@](C)(C(=O)O)C3)c3cc4[nH]ncc4cc32)ccc1F. The second-order valence-electron chi connectivity index (χ2n) is 9.74. The molecule has 7 heteroatoms. The molecule has 2 heterocycles. The Labute approximate surface area is 191 Å². The predicted molar refractivity (Wildman–Crippen MR) is 126 cm³/mol. The number of hydrogen-bond donors (Lipinski definition) is 2. The van der Waals surface area contributed by atoms with Gasteiger partial charge in [-0.05, 0) is 67.9 Å². The Balaban J connectivity index is 1.83. The number of aliphatic carboxylic acids is 1. The van der Waals surface area contributed by atoms with E-state index in [1.54, 1.807) is 18.3 Å². The number of carbonyl (C=O) groups is 1. The number of rotatable bonds is 5. The van der Waals surface area contributed by atoms with Crippen molar-refractivity contribution in [1.29, 1.82) is 0 Å². The summed E-state index contributed by atoms with van der Waals surface area (Å²) >= 11 is 0. The number of nitrogens with zero attached hydrogens (tertiary/aromatic N) is 2. The van der Waals surface area contributed by atoms with E-state index >= 15 is 0 Å². The highest BCUT2D eigenvalue weighted by Gasteiger charge is 2.43. The van der Waals surface area contributed by atoms with Crippen molar-refractivity contribution >= 4 is 27.8 Å². The molecule has 0 saturated heterocycles. The number of hydrogen-bond acceptors (Lipinski definition) is 3. The summed E-state index contributed by atoms with van der Waals surface area (Å²) in [6.45, 7) is 6.14. The van der Waals surface area contributed by atoms with Crippen molar-refractivity contribution in [2.24, 2.45) is 5.41 Å². The maximum absolute atomic E-state index is 14.2. The van der Waals surface area contributed by atoms with Gasteiger partial charge in [-0.1, -0.05) is 13.8 Å². The number of nitrogens with one attached hydrogen (secondary N) is 1. The Kier molecular flexibility index (Phi) is 4.96. The number of aromatic amines is 1. The van der Waals surface area contributed by atoms with Gasteiger partial charge in [-0.3, -0.25) is 9.89 Å². The van der Waals surface area contributed by atoms with Gasteiger partial charge in [0.05, 0.1) is 29.8 Å². The van der Waals surface area contributed by atoms with Crippen LogP contribution in [0.25, 0.3) is 27.5 Å². The third-order valence-corrected chi connectivity index (χ3v) is 7.21. The van der Waals surface area contributed by atoms with Crippen LogP contribution in [0.15, 0.2) is 36.5 Å². The first-order chi connectivity index (χ1) is 15.7. The van der Waals surface area contributed by atoms with Crippen LogP contribution in [0, 0.1) is 11.2 Å². The second kappa shape index (κ2) is 7.61. The van der Waals surface area contributed by atoms with Crippen LogP contribution in [-0.4, -0.2) is 33.0 Å². The zero-order valence-electron chi connectivity index (χ0n) is 19.3. The summed E-state index contributed by atoms with van der Waals surface area (Å²) < 4.78 is 21.7. The fraction of sp³-hybridized carbons (Fsp3) is 0.385. The molecule has 0 aliphatic heterocycles. The lowest BCUT2D eigenvalue weighted by Crippen LogP contribution is -2.23. The van der Waals surface area contributed by atoms with Gasteiger partial charge in [0.1, 0.15) is 0 Å². The zero-order chi connectivity index (χ0) is 23.5. The van der Waals surface area contributed by atoms with E-state index in [1.165, 1.54) is 18.7 Å². The number of aromatic nitrogens is 3. The topological polar surface area (TPSA) is 80.1 Å². The third-order valence-electron chi connectivity index (χ3n) is 7.21. The lowest BCUT2D eigenvalue weighted by molar-refractivity contribution is -0.147. The van der Waals surface area contributed by atoms with Gasteiger partial charge in [0.2, 0.25) is 0 Å².